The van der Waals surface area contributed by atoms with E-state index in [2.05, 4.69) is 20.3 Å². The fraction of sp³-hybridized carbons (Fsp3) is 0.0952. The summed E-state index contributed by atoms with van der Waals surface area (Å²) in [6, 6.07) is 10.9. The minimum absolute atomic E-state index is 0.0840. The Bertz CT molecular complexity index is 1250. The van der Waals surface area contributed by atoms with Crippen molar-refractivity contribution in [2.24, 2.45) is 0 Å². The molecule has 0 amide bonds. The Morgan fingerprint density at radius 2 is 2.00 bits per heavy atom. The molecule has 28 heavy (non-hydrogen) atoms. The number of fused-ring (bicyclic) bond motifs is 1. The summed E-state index contributed by atoms with van der Waals surface area (Å²) in [7, 11) is 0. The molecule has 0 bridgehead atoms. The molecule has 0 saturated carbocycles. The molecule has 0 aliphatic rings. The van der Waals surface area contributed by atoms with Crippen molar-refractivity contribution in [3.05, 3.63) is 76.5 Å². The zero-order chi connectivity index (χ0) is 19.7. The van der Waals surface area contributed by atoms with Crippen molar-refractivity contribution in [2.75, 3.05) is 5.32 Å². The molecule has 7 heteroatoms. The maximum Gasteiger partial charge on any atom is 0.347 e. The molecule has 7 nitrogen and oxygen atoms in total. The topological polar surface area (TPSA) is 98.0 Å². The first kappa shape index (κ1) is 17.5. The summed E-state index contributed by atoms with van der Waals surface area (Å²) in [5.74, 6) is 0.0936. The molecule has 3 heterocycles. The van der Waals surface area contributed by atoms with Crippen molar-refractivity contribution >= 4 is 28.4 Å². The lowest BCUT2D eigenvalue weighted by Gasteiger charge is -2.09. The number of hydrogen-bond donors (Lipinski definition) is 1. The van der Waals surface area contributed by atoms with Gasteiger partial charge in [0.1, 0.15) is 11.1 Å². The van der Waals surface area contributed by atoms with Crippen LogP contribution >= 0.6 is 0 Å². The molecule has 0 unspecified atom stereocenters. The van der Waals surface area contributed by atoms with Crippen molar-refractivity contribution in [2.45, 2.75) is 13.8 Å². The number of ketones is 1. The van der Waals surface area contributed by atoms with Gasteiger partial charge in [0.2, 0.25) is 5.95 Å². The van der Waals surface area contributed by atoms with E-state index >= 15 is 0 Å². The largest absolute Gasteiger partial charge is 0.422 e. The third-order valence-electron chi connectivity index (χ3n) is 4.39. The number of Topliss-reactive ketones (excluding diaryl/α,β-unsaturated/α-hetero) is 1. The summed E-state index contributed by atoms with van der Waals surface area (Å²) in [5.41, 5.74) is 2.73. The smallest absolute Gasteiger partial charge is 0.347 e. The molecule has 0 spiro atoms. The maximum absolute atomic E-state index is 12.1. The maximum atomic E-state index is 12.1. The van der Waals surface area contributed by atoms with Gasteiger partial charge in [0.05, 0.1) is 5.69 Å². The third-order valence-corrected chi connectivity index (χ3v) is 4.39. The van der Waals surface area contributed by atoms with Crippen LogP contribution in [0.1, 0.15) is 22.8 Å². The SMILES string of the molecule is CC(=O)c1c(C)c2ccc(Nc3nccc(-c4cccnc4)n3)cc2oc1=O. The number of anilines is 2. The molecule has 3 aromatic heterocycles. The van der Waals surface area contributed by atoms with Crippen molar-refractivity contribution in [3.63, 3.8) is 0 Å². The van der Waals surface area contributed by atoms with Crippen LogP contribution in [0.5, 0.6) is 0 Å². The predicted octanol–water partition coefficient (Wildman–Crippen LogP) is 3.90. The number of pyridine rings is 1. The lowest BCUT2D eigenvalue weighted by atomic mass is 10.0. The summed E-state index contributed by atoms with van der Waals surface area (Å²) < 4.78 is 5.34. The Balaban J connectivity index is 1.70. The van der Waals surface area contributed by atoms with Gasteiger partial charge in [-0.1, -0.05) is 0 Å². The van der Waals surface area contributed by atoms with E-state index in [1.807, 2.05) is 18.2 Å². The fourth-order valence-corrected chi connectivity index (χ4v) is 3.06. The number of benzene rings is 1. The van der Waals surface area contributed by atoms with Gasteiger partial charge in [0, 0.05) is 41.3 Å². The van der Waals surface area contributed by atoms with Gasteiger partial charge < -0.3 is 9.73 Å². The van der Waals surface area contributed by atoms with Gasteiger partial charge >= 0.3 is 5.63 Å². The van der Waals surface area contributed by atoms with Gasteiger partial charge in [-0.25, -0.2) is 14.8 Å². The van der Waals surface area contributed by atoms with Gasteiger partial charge in [0.15, 0.2) is 5.78 Å². The normalized spacial score (nSPS) is 10.8. The molecule has 0 atom stereocenters. The summed E-state index contributed by atoms with van der Waals surface area (Å²) in [6.07, 6.45) is 5.08. The van der Waals surface area contributed by atoms with Crippen LogP contribution in [-0.4, -0.2) is 20.7 Å². The van der Waals surface area contributed by atoms with Gasteiger partial charge in [-0.05, 0) is 49.7 Å². The van der Waals surface area contributed by atoms with E-state index in [0.717, 1.165) is 11.3 Å². The van der Waals surface area contributed by atoms with Crippen LogP contribution in [-0.2, 0) is 0 Å². The molecular formula is C21H16N4O3. The molecular weight excluding hydrogens is 356 g/mol. The number of nitrogens with zero attached hydrogens (tertiary/aromatic N) is 3. The second-order valence-electron chi connectivity index (χ2n) is 6.29. The minimum Gasteiger partial charge on any atom is -0.422 e. The van der Waals surface area contributed by atoms with Crippen LogP contribution in [0.4, 0.5) is 11.6 Å². The number of hydrogen-bond acceptors (Lipinski definition) is 7. The molecule has 0 radical (unpaired) electrons. The fourth-order valence-electron chi connectivity index (χ4n) is 3.06. The van der Waals surface area contributed by atoms with Crippen LogP contribution in [0.25, 0.3) is 22.2 Å². The van der Waals surface area contributed by atoms with Crippen LogP contribution in [0, 0.1) is 6.92 Å². The van der Waals surface area contributed by atoms with E-state index in [0.29, 0.717) is 28.2 Å². The number of rotatable bonds is 4. The van der Waals surface area contributed by atoms with Gasteiger partial charge in [-0.3, -0.25) is 9.78 Å². The van der Waals surface area contributed by atoms with Crippen LogP contribution in [0.2, 0.25) is 0 Å². The lowest BCUT2D eigenvalue weighted by molar-refractivity contribution is 0.101. The summed E-state index contributed by atoms with van der Waals surface area (Å²) >= 11 is 0. The summed E-state index contributed by atoms with van der Waals surface area (Å²) in [4.78, 5) is 36.6. The average molecular weight is 372 g/mol. The highest BCUT2D eigenvalue weighted by atomic mass is 16.4. The van der Waals surface area contributed by atoms with Crippen molar-refractivity contribution in [3.8, 4) is 11.3 Å². The highest BCUT2D eigenvalue weighted by Gasteiger charge is 2.15. The van der Waals surface area contributed by atoms with Gasteiger partial charge in [-0.15, -0.1) is 0 Å². The zero-order valence-corrected chi connectivity index (χ0v) is 15.3. The first-order chi connectivity index (χ1) is 13.5. The highest BCUT2D eigenvalue weighted by Crippen LogP contribution is 2.25. The van der Waals surface area contributed by atoms with Crippen molar-refractivity contribution < 1.29 is 9.21 Å². The van der Waals surface area contributed by atoms with Gasteiger partial charge in [-0.2, -0.15) is 0 Å². The summed E-state index contributed by atoms with van der Waals surface area (Å²) in [5, 5.41) is 3.82. The first-order valence-corrected chi connectivity index (χ1v) is 8.62. The molecule has 0 saturated heterocycles. The molecule has 0 fully saturated rings. The van der Waals surface area contributed by atoms with E-state index in [-0.39, 0.29) is 11.3 Å². The molecule has 0 aliphatic heterocycles. The Hall–Kier alpha value is -3.87. The first-order valence-electron chi connectivity index (χ1n) is 8.62. The third kappa shape index (κ3) is 3.25. The molecule has 1 aromatic carbocycles. The second kappa shape index (κ2) is 7.03. The van der Waals surface area contributed by atoms with E-state index in [9.17, 15) is 9.59 Å². The highest BCUT2D eigenvalue weighted by molar-refractivity contribution is 5.99. The lowest BCUT2D eigenvalue weighted by Crippen LogP contribution is -2.14. The Morgan fingerprint density at radius 1 is 1.14 bits per heavy atom. The minimum atomic E-state index is -0.635. The Morgan fingerprint density at radius 3 is 2.75 bits per heavy atom. The molecule has 4 aromatic rings. The average Bonchev–Trinajstić information content (AvgIpc) is 2.68. The number of aryl methyl sites for hydroxylation is 1. The van der Waals surface area contributed by atoms with Crippen LogP contribution in [0.15, 0.2) is 64.2 Å². The number of nitrogens with one attached hydrogen (secondary N) is 1. The molecule has 138 valence electrons. The quantitative estimate of drug-likeness (QED) is 0.428. The van der Waals surface area contributed by atoms with Crippen molar-refractivity contribution in [1.82, 2.24) is 15.0 Å². The van der Waals surface area contributed by atoms with E-state index in [4.69, 9.17) is 4.42 Å². The number of carbonyl (C=O) groups excluding carboxylic acids is 1. The number of aromatic nitrogens is 3. The predicted molar refractivity (Wildman–Crippen MR) is 106 cm³/mol. The van der Waals surface area contributed by atoms with Crippen LogP contribution in [0.3, 0.4) is 0 Å². The number of carbonyl (C=O) groups is 1. The van der Waals surface area contributed by atoms with E-state index in [1.165, 1.54) is 6.92 Å². The molecule has 1 N–H and O–H groups in total. The van der Waals surface area contributed by atoms with E-state index in [1.54, 1.807) is 43.7 Å². The van der Waals surface area contributed by atoms with E-state index < -0.39 is 5.63 Å². The second-order valence-corrected chi connectivity index (χ2v) is 6.29. The van der Waals surface area contributed by atoms with Crippen molar-refractivity contribution in [1.29, 1.82) is 0 Å². The monoisotopic (exact) mass is 372 g/mol. The molecule has 0 aliphatic carbocycles. The Labute approximate surface area is 160 Å². The zero-order valence-electron chi connectivity index (χ0n) is 15.3. The standard InChI is InChI=1S/C21H16N4O3/c1-12-16-6-5-15(10-18(16)28-20(27)19(12)13(2)26)24-21-23-9-7-17(25-21)14-4-3-8-22-11-14/h3-11H,1-2H3,(H,23,24,25). The van der Waals surface area contributed by atoms with Gasteiger partial charge in [0.25, 0.3) is 0 Å². The molecule has 4 rings (SSSR count). The Kier molecular flexibility index (Phi) is 4.41. The summed E-state index contributed by atoms with van der Waals surface area (Å²) in [6.45, 7) is 3.09. The van der Waals surface area contributed by atoms with Crippen LogP contribution < -0.4 is 10.9 Å².